The van der Waals surface area contributed by atoms with Crippen molar-refractivity contribution in [3.8, 4) is 26.3 Å². The third-order valence-corrected chi connectivity index (χ3v) is 14.3. The zero-order chi connectivity index (χ0) is 34.8. The maximum absolute atomic E-state index is 16.1. The predicted molar refractivity (Wildman–Crippen MR) is 220 cm³/mol. The van der Waals surface area contributed by atoms with Gasteiger partial charge in [0.2, 0.25) is 5.06 Å². The Bertz CT molecular complexity index is 2170. The van der Waals surface area contributed by atoms with Gasteiger partial charge in [-0.2, -0.15) is 0 Å². The monoisotopic (exact) mass is 746 g/mol. The van der Waals surface area contributed by atoms with E-state index >= 15 is 4.39 Å². The Morgan fingerprint density at radius 2 is 1.14 bits per heavy atom. The second kappa shape index (κ2) is 15.8. The smallest absolute Gasteiger partial charge is 0.211 e. The molecular weight excluding hydrogens is 700 g/mol. The summed E-state index contributed by atoms with van der Waals surface area (Å²) < 4.78 is 38.4. The van der Waals surface area contributed by atoms with Gasteiger partial charge in [-0.15, -0.1) is 34.0 Å². The molecule has 8 heteroatoms. The Hall–Kier alpha value is -2.91. The van der Waals surface area contributed by atoms with E-state index in [1.54, 1.807) is 34.0 Å². The zero-order valence-electron chi connectivity index (χ0n) is 29.9. The first-order valence-corrected chi connectivity index (χ1v) is 21.7. The number of rotatable bonds is 17. The topological polar surface area (TPSA) is 27.7 Å². The molecule has 3 nitrogen and oxygen atoms in total. The molecule has 0 atom stereocenters. The number of fused-ring (bicyclic) bond motifs is 5. The van der Waals surface area contributed by atoms with Crippen LogP contribution in [-0.2, 0) is 0 Å². The summed E-state index contributed by atoms with van der Waals surface area (Å²) in [5, 5.41) is 7.73. The molecule has 50 heavy (non-hydrogen) atoms. The molecule has 264 valence electrons. The van der Waals surface area contributed by atoms with Gasteiger partial charge in [-0.05, 0) is 81.3 Å². The molecule has 7 rings (SSSR count). The largest absolute Gasteiger partial charge is 0.493 e. The summed E-state index contributed by atoms with van der Waals surface area (Å²) in [6.07, 6.45) is 12.7. The summed E-state index contributed by atoms with van der Waals surface area (Å²) in [5.41, 5.74) is 0. The van der Waals surface area contributed by atoms with Gasteiger partial charge in [0.1, 0.15) is 11.5 Å². The Labute approximate surface area is 311 Å². The number of unbranched alkanes of at least 4 members (excludes halogenated alkanes) is 9. The fourth-order valence-electron chi connectivity index (χ4n) is 7.17. The van der Waals surface area contributed by atoms with Gasteiger partial charge in [-0.1, -0.05) is 76.0 Å². The highest BCUT2D eigenvalue weighted by Crippen LogP contribution is 2.52. The molecule has 4 aromatic heterocycles. The number of thiophene rings is 4. The Morgan fingerprint density at radius 3 is 1.76 bits per heavy atom. The highest BCUT2D eigenvalue weighted by Gasteiger charge is 2.24. The maximum atomic E-state index is 16.1. The van der Waals surface area contributed by atoms with E-state index in [2.05, 4.69) is 57.2 Å². The lowest BCUT2D eigenvalue weighted by atomic mass is 9.98. The molecule has 0 spiro atoms. The van der Waals surface area contributed by atoms with E-state index < -0.39 is 0 Å². The molecule has 0 unspecified atom stereocenters. The standard InChI is InChI=1S/C42H47FO3S4/c1-6-9-10-11-12-13-14-15-16-17-18-46-42-37(43)36-40(50-42)26(5)48-41(36)35-22-28-21-30-32(24-34(28)49-35)38(44-7-2)29-20-27-19-25(4)47-33(27)23-31(29)39(30)45-8-3/h19-24H,6-18H2,1-5H3. The van der Waals surface area contributed by atoms with Crippen LogP contribution < -0.4 is 14.2 Å². The van der Waals surface area contributed by atoms with E-state index in [0.29, 0.717) is 30.3 Å². The first-order chi connectivity index (χ1) is 24.4. The molecule has 0 radical (unpaired) electrons. The molecule has 0 aliphatic carbocycles. The maximum Gasteiger partial charge on any atom is 0.211 e. The van der Waals surface area contributed by atoms with Crippen molar-refractivity contribution in [1.29, 1.82) is 0 Å². The van der Waals surface area contributed by atoms with Crippen molar-refractivity contribution >= 4 is 97.2 Å². The van der Waals surface area contributed by atoms with Crippen LogP contribution in [0.15, 0.2) is 36.4 Å². The molecule has 7 aromatic rings. The van der Waals surface area contributed by atoms with Crippen molar-refractivity contribution < 1.29 is 18.6 Å². The highest BCUT2D eigenvalue weighted by molar-refractivity contribution is 7.30. The normalized spacial score (nSPS) is 12.0. The minimum absolute atomic E-state index is 0.210. The first-order valence-electron chi connectivity index (χ1n) is 18.4. The SMILES string of the molecule is CCCCCCCCCCCCOc1sc2c(C)sc(-c3cc4cc5c(OCC)c6cc7sc(C)cc7cc6c(OCC)c5cc4s3)c2c1F. The van der Waals surface area contributed by atoms with Gasteiger partial charge in [-0.25, -0.2) is 4.39 Å². The summed E-state index contributed by atoms with van der Waals surface area (Å²) >= 11 is 6.66. The highest BCUT2D eigenvalue weighted by atomic mass is 32.1. The minimum atomic E-state index is -0.210. The fourth-order valence-corrected chi connectivity index (χ4v) is 11.6. The number of aryl methyl sites for hydroxylation is 2. The lowest BCUT2D eigenvalue weighted by Crippen LogP contribution is -1.98. The number of halogens is 1. The fraction of sp³-hybridized carbons (Fsp3) is 0.429. The van der Waals surface area contributed by atoms with Gasteiger partial charge >= 0.3 is 0 Å². The van der Waals surface area contributed by atoms with Crippen LogP contribution in [-0.4, -0.2) is 19.8 Å². The van der Waals surface area contributed by atoms with Gasteiger partial charge in [0.25, 0.3) is 0 Å². The van der Waals surface area contributed by atoms with E-state index in [9.17, 15) is 0 Å². The summed E-state index contributed by atoms with van der Waals surface area (Å²) in [6.45, 7) is 12.3. The molecule has 0 saturated carbocycles. The molecule has 3 aromatic carbocycles. The average molecular weight is 747 g/mol. The van der Waals surface area contributed by atoms with Crippen LogP contribution >= 0.6 is 45.3 Å². The van der Waals surface area contributed by atoms with E-state index in [0.717, 1.165) is 75.3 Å². The molecule has 0 fully saturated rings. The van der Waals surface area contributed by atoms with Crippen LogP contribution in [0.1, 0.15) is 94.7 Å². The third-order valence-electron chi connectivity index (χ3n) is 9.57. The Morgan fingerprint density at radius 1 is 0.580 bits per heavy atom. The van der Waals surface area contributed by atoms with Gasteiger partial charge in [0.15, 0.2) is 5.82 Å². The summed E-state index contributed by atoms with van der Waals surface area (Å²) in [4.78, 5) is 4.49. The first kappa shape index (κ1) is 35.5. The molecule has 0 aliphatic rings. The lowest BCUT2D eigenvalue weighted by Gasteiger charge is -2.17. The molecule has 0 bridgehead atoms. The van der Waals surface area contributed by atoms with Gasteiger partial charge in [0.05, 0.1) is 34.8 Å². The van der Waals surface area contributed by atoms with Crippen LogP contribution in [0.25, 0.3) is 61.6 Å². The number of hydrogen-bond acceptors (Lipinski definition) is 7. The number of hydrogen-bond donors (Lipinski definition) is 0. The van der Waals surface area contributed by atoms with Gasteiger partial charge in [-0.3, -0.25) is 0 Å². The second-order valence-electron chi connectivity index (χ2n) is 13.3. The van der Waals surface area contributed by atoms with Gasteiger partial charge in [0, 0.05) is 45.6 Å². The molecule has 0 aliphatic heterocycles. The molecular formula is C42H47FO3S4. The quantitative estimate of drug-likeness (QED) is 0.0686. The van der Waals surface area contributed by atoms with Crippen molar-refractivity contribution in [2.24, 2.45) is 0 Å². The summed E-state index contributed by atoms with van der Waals surface area (Å²) in [7, 11) is 0. The number of ether oxygens (including phenoxy) is 3. The third kappa shape index (κ3) is 6.98. The van der Waals surface area contributed by atoms with Gasteiger partial charge < -0.3 is 14.2 Å². The van der Waals surface area contributed by atoms with Crippen LogP contribution in [0, 0.1) is 19.7 Å². The molecule has 0 N–H and O–H groups in total. The molecule has 0 amide bonds. The lowest BCUT2D eigenvalue weighted by molar-refractivity contribution is 0.300. The number of benzene rings is 3. The summed E-state index contributed by atoms with van der Waals surface area (Å²) in [6, 6.07) is 13.5. The Kier molecular flexibility index (Phi) is 11.2. The van der Waals surface area contributed by atoms with Crippen molar-refractivity contribution in [3.63, 3.8) is 0 Å². The second-order valence-corrected chi connectivity index (χ2v) is 17.9. The summed E-state index contributed by atoms with van der Waals surface area (Å²) in [5.74, 6) is 1.58. The van der Waals surface area contributed by atoms with Crippen LogP contribution in [0.5, 0.6) is 16.6 Å². The van der Waals surface area contributed by atoms with E-state index in [4.69, 9.17) is 14.2 Å². The van der Waals surface area contributed by atoms with Crippen molar-refractivity contribution in [1.82, 2.24) is 0 Å². The zero-order valence-corrected chi connectivity index (χ0v) is 33.2. The van der Waals surface area contributed by atoms with E-state index in [1.807, 2.05) is 13.8 Å². The molecule has 4 heterocycles. The van der Waals surface area contributed by atoms with Crippen LogP contribution in [0.3, 0.4) is 0 Å². The Balaban J connectivity index is 1.18. The van der Waals surface area contributed by atoms with Crippen molar-refractivity contribution in [2.75, 3.05) is 19.8 Å². The van der Waals surface area contributed by atoms with Crippen molar-refractivity contribution in [3.05, 3.63) is 52.0 Å². The van der Waals surface area contributed by atoms with E-state index in [-0.39, 0.29) is 5.82 Å². The average Bonchev–Trinajstić information content (AvgIpc) is 3.86. The molecule has 0 saturated heterocycles. The predicted octanol–water partition coefficient (Wildman–Crippen LogP) is 15.2. The van der Waals surface area contributed by atoms with E-state index in [1.165, 1.54) is 77.7 Å². The van der Waals surface area contributed by atoms with Crippen LogP contribution in [0.2, 0.25) is 0 Å². The minimum Gasteiger partial charge on any atom is -0.493 e. The van der Waals surface area contributed by atoms with Crippen LogP contribution in [0.4, 0.5) is 4.39 Å². The van der Waals surface area contributed by atoms with Crippen molar-refractivity contribution in [2.45, 2.75) is 98.8 Å².